The Morgan fingerprint density at radius 2 is 1.87 bits per heavy atom. The highest BCUT2D eigenvalue weighted by Gasteiger charge is 2.63. The first-order valence-corrected chi connectivity index (χ1v) is 16.1. The maximum atomic E-state index is 13.5. The van der Waals surface area contributed by atoms with Crippen LogP contribution in [0.15, 0.2) is 12.2 Å². The fraction of sp³-hybridized carbons (Fsp3) is 0.853. The zero-order valence-electron chi connectivity index (χ0n) is 24.8. The van der Waals surface area contributed by atoms with E-state index < -0.39 is 5.60 Å². The third-order valence-corrected chi connectivity index (χ3v) is 13.1. The summed E-state index contributed by atoms with van der Waals surface area (Å²) in [6.07, 6.45) is 14.8. The van der Waals surface area contributed by atoms with Crippen LogP contribution in [0.25, 0.3) is 0 Å². The lowest BCUT2D eigenvalue weighted by molar-refractivity contribution is -0.169. The van der Waals surface area contributed by atoms with Gasteiger partial charge >= 0.3 is 11.9 Å². The summed E-state index contributed by atoms with van der Waals surface area (Å²) in [6, 6.07) is 0. The molecule has 0 aromatic heterocycles. The second-order valence-corrected chi connectivity index (χ2v) is 15.2. The summed E-state index contributed by atoms with van der Waals surface area (Å²) in [5, 5.41) is 0. The Hall–Kier alpha value is -1.65. The van der Waals surface area contributed by atoms with Crippen molar-refractivity contribution in [3.8, 4) is 0 Å². The molecule has 0 aromatic rings. The lowest BCUT2D eigenvalue weighted by Crippen LogP contribution is -2.54. The average Bonchev–Trinajstić information content (AvgIpc) is 3.57. The number of carbonyl (C=O) groups excluding carboxylic acids is 3. The van der Waals surface area contributed by atoms with Gasteiger partial charge in [-0.1, -0.05) is 32.9 Å². The summed E-state index contributed by atoms with van der Waals surface area (Å²) >= 11 is 0. The van der Waals surface area contributed by atoms with Gasteiger partial charge in [0.1, 0.15) is 17.5 Å². The first-order chi connectivity index (χ1) is 18.5. The van der Waals surface area contributed by atoms with Gasteiger partial charge in [-0.2, -0.15) is 0 Å². The lowest BCUT2D eigenvalue weighted by atomic mass is 9.47. The Morgan fingerprint density at radius 1 is 1.08 bits per heavy atom. The first kappa shape index (κ1) is 27.5. The van der Waals surface area contributed by atoms with Crippen LogP contribution in [0.4, 0.5) is 0 Å². The molecule has 0 aromatic carbocycles. The molecular weight excluding hydrogens is 488 g/mol. The Labute approximate surface area is 235 Å². The quantitative estimate of drug-likeness (QED) is 0.271. The number of hydrogen-bond acceptors (Lipinski definition) is 5. The Morgan fingerprint density at radius 3 is 2.56 bits per heavy atom. The summed E-state index contributed by atoms with van der Waals surface area (Å²) in [4.78, 5) is 38.3. The van der Waals surface area contributed by atoms with Gasteiger partial charge < -0.3 is 14.3 Å². The molecule has 2 bridgehead atoms. The highest BCUT2D eigenvalue weighted by atomic mass is 16.6. The molecule has 0 radical (unpaired) electrons. The fourth-order valence-electron chi connectivity index (χ4n) is 11.0. The molecule has 1 aliphatic heterocycles. The van der Waals surface area contributed by atoms with Crippen LogP contribution >= 0.6 is 0 Å². The van der Waals surface area contributed by atoms with E-state index in [9.17, 15) is 14.4 Å². The molecule has 0 N–H and O–H groups in total. The van der Waals surface area contributed by atoms with E-state index in [1.54, 1.807) is 6.92 Å². The Kier molecular flexibility index (Phi) is 7.07. The molecule has 5 fully saturated rings. The second kappa shape index (κ2) is 10.0. The van der Waals surface area contributed by atoms with Crippen LogP contribution in [0.1, 0.15) is 105 Å². The van der Waals surface area contributed by atoms with Crippen molar-refractivity contribution in [1.82, 2.24) is 0 Å². The molecule has 13 unspecified atom stereocenters. The third kappa shape index (κ3) is 4.62. The number of esters is 2. The van der Waals surface area contributed by atoms with Gasteiger partial charge in [-0.25, -0.2) is 0 Å². The van der Waals surface area contributed by atoms with E-state index in [0.29, 0.717) is 66.1 Å². The number of rotatable bonds is 6. The molecule has 5 heteroatoms. The van der Waals surface area contributed by atoms with Crippen molar-refractivity contribution in [3.63, 3.8) is 0 Å². The molecule has 1 heterocycles. The van der Waals surface area contributed by atoms with E-state index in [1.807, 2.05) is 0 Å². The number of carbonyl (C=O) groups is 3. The second-order valence-electron chi connectivity index (χ2n) is 15.2. The molecule has 4 saturated carbocycles. The number of hydrogen-bond donors (Lipinski definition) is 0. The van der Waals surface area contributed by atoms with Gasteiger partial charge in [0.05, 0.1) is 5.92 Å². The van der Waals surface area contributed by atoms with E-state index in [2.05, 4.69) is 39.8 Å². The molecule has 0 amide bonds. The molecule has 216 valence electrons. The zero-order valence-corrected chi connectivity index (χ0v) is 24.8. The molecule has 5 nitrogen and oxygen atoms in total. The Balaban J connectivity index is 1.18. The van der Waals surface area contributed by atoms with Crippen molar-refractivity contribution in [2.45, 2.75) is 117 Å². The van der Waals surface area contributed by atoms with Crippen molar-refractivity contribution >= 4 is 17.7 Å². The fourth-order valence-corrected chi connectivity index (χ4v) is 11.0. The summed E-state index contributed by atoms with van der Waals surface area (Å²) in [5.41, 5.74) is -0.357. The molecule has 6 aliphatic rings. The van der Waals surface area contributed by atoms with Crippen molar-refractivity contribution in [1.29, 1.82) is 0 Å². The number of allylic oxidation sites excluding steroid dienone is 2. The smallest absolute Gasteiger partial charge is 0.309 e. The monoisotopic (exact) mass is 538 g/mol. The van der Waals surface area contributed by atoms with E-state index in [4.69, 9.17) is 9.47 Å². The van der Waals surface area contributed by atoms with Crippen LogP contribution < -0.4 is 0 Å². The van der Waals surface area contributed by atoms with Gasteiger partial charge in [0.2, 0.25) is 0 Å². The van der Waals surface area contributed by atoms with Gasteiger partial charge in [-0.3, -0.25) is 9.59 Å². The topological polar surface area (TPSA) is 69.7 Å². The predicted octanol–water partition coefficient (Wildman–Crippen LogP) is 6.93. The van der Waals surface area contributed by atoms with E-state index in [-0.39, 0.29) is 35.2 Å². The van der Waals surface area contributed by atoms with Gasteiger partial charge in [0, 0.05) is 24.7 Å². The summed E-state index contributed by atoms with van der Waals surface area (Å²) in [6.45, 7) is 11.0. The van der Waals surface area contributed by atoms with Gasteiger partial charge in [0.25, 0.3) is 0 Å². The number of ketones is 1. The molecule has 6 rings (SSSR count). The minimum atomic E-state index is -0.438. The summed E-state index contributed by atoms with van der Waals surface area (Å²) in [7, 11) is 0. The van der Waals surface area contributed by atoms with Crippen LogP contribution in [0.5, 0.6) is 0 Å². The molecule has 1 saturated heterocycles. The van der Waals surface area contributed by atoms with Gasteiger partial charge in [-0.05, 0) is 118 Å². The summed E-state index contributed by atoms with van der Waals surface area (Å²) in [5.74, 6) is 4.14. The van der Waals surface area contributed by atoms with Crippen LogP contribution in [0, 0.1) is 64.6 Å². The molecular formula is C34H50O5. The molecule has 5 aliphatic carbocycles. The Bertz CT molecular complexity index is 1030. The van der Waals surface area contributed by atoms with E-state index in [0.717, 1.165) is 57.8 Å². The van der Waals surface area contributed by atoms with E-state index >= 15 is 0 Å². The van der Waals surface area contributed by atoms with Crippen molar-refractivity contribution < 1.29 is 23.9 Å². The van der Waals surface area contributed by atoms with E-state index in [1.165, 1.54) is 0 Å². The highest BCUT2D eigenvalue weighted by Crippen LogP contribution is 2.65. The van der Waals surface area contributed by atoms with Gasteiger partial charge in [0.15, 0.2) is 0 Å². The summed E-state index contributed by atoms with van der Waals surface area (Å²) < 4.78 is 12.7. The van der Waals surface area contributed by atoms with Crippen LogP contribution in [-0.2, 0) is 23.9 Å². The van der Waals surface area contributed by atoms with Crippen molar-refractivity contribution in [2.75, 3.05) is 0 Å². The molecule has 39 heavy (non-hydrogen) atoms. The number of Topliss-reactive ketones (excluding diaryl/α,β-unsaturated/α-hetero) is 1. The van der Waals surface area contributed by atoms with Crippen LogP contribution in [0.3, 0.4) is 0 Å². The molecule has 13 atom stereocenters. The number of fused-ring (bicyclic) bond motifs is 7. The van der Waals surface area contributed by atoms with Crippen molar-refractivity contribution in [3.05, 3.63) is 12.2 Å². The average molecular weight is 539 g/mol. The maximum Gasteiger partial charge on any atom is 0.309 e. The maximum absolute atomic E-state index is 13.5. The standard InChI is InChI=1S/C34H50O5/c1-19(6-7-21(3)35)27-10-11-28-31-20(2)14-24-17-25(38-32(37)26-16-22-8-9-23(26)15-22)12-13-33(24,4)29(31)18-30(36)39-34(27,28)5/h8-9,19-20,22-29,31H,6-7,10-18H2,1-5H3. The largest absolute Gasteiger partial charge is 0.462 e. The highest BCUT2D eigenvalue weighted by molar-refractivity contribution is 5.75. The normalized spacial score (nSPS) is 48.9. The first-order valence-electron chi connectivity index (χ1n) is 16.1. The minimum Gasteiger partial charge on any atom is -0.462 e. The van der Waals surface area contributed by atoms with Crippen LogP contribution in [-0.4, -0.2) is 29.4 Å². The third-order valence-electron chi connectivity index (χ3n) is 13.1. The SMILES string of the molecule is CC(=O)CCC(C)C1CCC2C3C(C)CC4CC(OC(=O)C5CC6C=CC5C6)CCC4(C)C3CC(=O)OC12C. The van der Waals surface area contributed by atoms with Gasteiger partial charge in [-0.15, -0.1) is 0 Å². The minimum absolute atomic E-state index is 0.0170. The lowest BCUT2D eigenvalue weighted by Gasteiger charge is -2.58. The number of ether oxygens (including phenoxy) is 2. The predicted molar refractivity (Wildman–Crippen MR) is 149 cm³/mol. The van der Waals surface area contributed by atoms with Crippen molar-refractivity contribution in [2.24, 2.45) is 64.6 Å². The van der Waals surface area contributed by atoms with Crippen LogP contribution in [0.2, 0.25) is 0 Å². The molecule has 0 spiro atoms. The zero-order chi connectivity index (χ0) is 27.7.